The highest BCUT2D eigenvalue weighted by Gasteiger charge is 2.17. The average Bonchev–Trinajstić information content (AvgIpc) is 2.85. The molecule has 1 aromatic heterocycles. The van der Waals surface area contributed by atoms with Crippen LogP contribution in [0.2, 0.25) is 0 Å². The monoisotopic (exact) mass is 288 g/mol. The van der Waals surface area contributed by atoms with E-state index in [9.17, 15) is 5.11 Å². The summed E-state index contributed by atoms with van der Waals surface area (Å²) < 4.78 is 7.70. The molecule has 0 saturated heterocycles. The van der Waals surface area contributed by atoms with Crippen LogP contribution in [0.25, 0.3) is 0 Å². The van der Waals surface area contributed by atoms with Gasteiger partial charge in [0.15, 0.2) is 0 Å². The number of aromatic nitrogens is 3. The molecule has 0 radical (unpaired) electrons. The second kappa shape index (κ2) is 6.24. The van der Waals surface area contributed by atoms with E-state index in [1.165, 1.54) is 0 Å². The number of nitrogens with zero attached hydrogens (tertiary/aromatic N) is 4. The van der Waals surface area contributed by atoms with Gasteiger partial charge in [0, 0.05) is 25.2 Å². The number of ether oxygens (including phenoxy) is 1. The Kier molecular flexibility index (Phi) is 4.17. The fraction of sp³-hybridized carbons (Fsp3) is 0.467. The third-order valence-electron chi connectivity index (χ3n) is 3.73. The van der Waals surface area contributed by atoms with Crippen molar-refractivity contribution in [2.45, 2.75) is 33.2 Å². The van der Waals surface area contributed by atoms with Crippen LogP contribution in [0.3, 0.4) is 0 Å². The van der Waals surface area contributed by atoms with E-state index in [2.05, 4.69) is 21.9 Å². The van der Waals surface area contributed by atoms with Crippen molar-refractivity contribution in [2.24, 2.45) is 0 Å². The normalized spacial score (nSPS) is 15.3. The lowest BCUT2D eigenvalue weighted by Crippen LogP contribution is -2.27. The van der Waals surface area contributed by atoms with Gasteiger partial charge in [0.05, 0.1) is 13.2 Å². The molecular weight excluding hydrogens is 268 g/mol. The predicted molar refractivity (Wildman–Crippen MR) is 77.7 cm³/mol. The van der Waals surface area contributed by atoms with Crippen LogP contribution in [0, 0.1) is 0 Å². The van der Waals surface area contributed by atoms with E-state index in [-0.39, 0.29) is 6.61 Å². The van der Waals surface area contributed by atoms with E-state index in [1.807, 2.05) is 22.9 Å². The molecule has 1 N–H and O–H groups in total. The van der Waals surface area contributed by atoms with Gasteiger partial charge in [-0.05, 0) is 24.6 Å². The minimum absolute atomic E-state index is 0.0530. The molecule has 0 bridgehead atoms. The van der Waals surface area contributed by atoms with Crippen molar-refractivity contribution in [3.05, 3.63) is 41.5 Å². The fourth-order valence-corrected chi connectivity index (χ4v) is 2.61. The number of rotatable bonds is 4. The number of benzene rings is 1. The Balaban J connectivity index is 1.78. The molecule has 0 saturated carbocycles. The van der Waals surface area contributed by atoms with Gasteiger partial charge >= 0.3 is 0 Å². The molecule has 0 spiro atoms. The molecule has 1 aliphatic heterocycles. The standard InChI is InChI=1S/C15H20N4O2/c1-2-19-15(16-11-17-19)9-18-5-6-21-14-4-3-12(10-20)7-13(14)8-18/h3-4,7,11,20H,2,5-6,8-10H2,1H3. The van der Waals surface area contributed by atoms with E-state index in [1.54, 1.807) is 6.33 Å². The Hall–Kier alpha value is -1.92. The molecule has 0 unspecified atom stereocenters. The van der Waals surface area contributed by atoms with Crippen LogP contribution in [0.15, 0.2) is 24.5 Å². The maximum absolute atomic E-state index is 9.28. The Morgan fingerprint density at radius 2 is 2.29 bits per heavy atom. The van der Waals surface area contributed by atoms with E-state index in [0.29, 0.717) is 6.61 Å². The lowest BCUT2D eigenvalue weighted by atomic mass is 10.1. The van der Waals surface area contributed by atoms with Gasteiger partial charge in [-0.25, -0.2) is 9.67 Å². The topological polar surface area (TPSA) is 63.4 Å². The van der Waals surface area contributed by atoms with Gasteiger partial charge in [0.2, 0.25) is 0 Å². The van der Waals surface area contributed by atoms with Crippen molar-refractivity contribution in [3.8, 4) is 5.75 Å². The van der Waals surface area contributed by atoms with Crippen LogP contribution in [0.5, 0.6) is 5.75 Å². The lowest BCUT2D eigenvalue weighted by Gasteiger charge is -2.19. The van der Waals surface area contributed by atoms with Crippen molar-refractivity contribution in [2.75, 3.05) is 13.2 Å². The van der Waals surface area contributed by atoms with Crippen molar-refractivity contribution < 1.29 is 9.84 Å². The first kappa shape index (κ1) is 14.0. The molecule has 1 aromatic carbocycles. The Labute approximate surface area is 124 Å². The van der Waals surface area contributed by atoms with E-state index in [4.69, 9.17) is 4.74 Å². The molecule has 6 heteroatoms. The van der Waals surface area contributed by atoms with Gasteiger partial charge in [-0.1, -0.05) is 6.07 Å². The van der Waals surface area contributed by atoms with E-state index in [0.717, 1.165) is 48.9 Å². The summed E-state index contributed by atoms with van der Waals surface area (Å²) in [6.45, 7) is 5.99. The second-order valence-electron chi connectivity index (χ2n) is 5.15. The Morgan fingerprint density at radius 1 is 1.38 bits per heavy atom. The number of aliphatic hydroxyl groups excluding tert-OH is 1. The molecule has 21 heavy (non-hydrogen) atoms. The van der Waals surface area contributed by atoms with Gasteiger partial charge in [-0.15, -0.1) is 0 Å². The Bertz CT molecular complexity index is 611. The SMILES string of the molecule is CCn1ncnc1CN1CCOc2ccc(CO)cc2C1. The highest BCUT2D eigenvalue weighted by atomic mass is 16.5. The molecule has 6 nitrogen and oxygen atoms in total. The summed E-state index contributed by atoms with van der Waals surface area (Å²) in [6, 6.07) is 5.86. The quantitative estimate of drug-likeness (QED) is 0.915. The van der Waals surface area contributed by atoms with Gasteiger partial charge in [-0.3, -0.25) is 4.90 Å². The van der Waals surface area contributed by atoms with Crippen molar-refractivity contribution in [1.82, 2.24) is 19.7 Å². The zero-order valence-electron chi connectivity index (χ0n) is 12.2. The zero-order chi connectivity index (χ0) is 14.7. The molecule has 1 aliphatic rings. The molecular formula is C15H20N4O2. The number of fused-ring (bicyclic) bond motifs is 1. The van der Waals surface area contributed by atoms with Crippen LogP contribution >= 0.6 is 0 Å². The van der Waals surface area contributed by atoms with Crippen molar-refractivity contribution >= 4 is 0 Å². The van der Waals surface area contributed by atoms with Crippen LogP contribution < -0.4 is 4.74 Å². The smallest absolute Gasteiger partial charge is 0.141 e. The maximum atomic E-state index is 9.28. The number of aryl methyl sites for hydroxylation is 1. The average molecular weight is 288 g/mol. The first-order chi connectivity index (χ1) is 10.3. The molecule has 2 heterocycles. The van der Waals surface area contributed by atoms with Crippen molar-refractivity contribution in [1.29, 1.82) is 0 Å². The number of hydrogen-bond acceptors (Lipinski definition) is 5. The fourth-order valence-electron chi connectivity index (χ4n) is 2.61. The summed E-state index contributed by atoms with van der Waals surface area (Å²) in [5.41, 5.74) is 2.03. The molecule has 0 amide bonds. The molecule has 0 aliphatic carbocycles. The van der Waals surface area contributed by atoms with E-state index >= 15 is 0 Å². The summed E-state index contributed by atoms with van der Waals surface area (Å²) in [5, 5.41) is 13.5. The highest BCUT2D eigenvalue weighted by Crippen LogP contribution is 2.25. The van der Waals surface area contributed by atoms with Gasteiger partial charge in [0.25, 0.3) is 0 Å². The first-order valence-corrected chi connectivity index (χ1v) is 7.24. The van der Waals surface area contributed by atoms with Crippen LogP contribution in [-0.2, 0) is 26.2 Å². The zero-order valence-corrected chi connectivity index (χ0v) is 12.2. The third-order valence-corrected chi connectivity index (χ3v) is 3.73. The van der Waals surface area contributed by atoms with E-state index < -0.39 is 0 Å². The predicted octanol–water partition coefficient (Wildman–Crippen LogP) is 1.18. The summed E-state index contributed by atoms with van der Waals surface area (Å²) in [6.07, 6.45) is 1.60. The largest absolute Gasteiger partial charge is 0.492 e. The molecule has 0 fully saturated rings. The molecule has 0 atom stereocenters. The first-order valence-electron chi connectivity index (χ1n) is 7.24. The highest BCUT2D eigenvalue weighted by molar-refractivity contribution is 5.37. The summed E-state index contributed by atoms with van der Waals surface area (Å²) >= 11 is 0. The van der Waals surface area contributed by atoms with Gasteiger partial charge < -0.3 is 9.84 Å². The van der Waals surface area contributed by atoms with Gasteiger partial charge in [-0.2, -0.15) is 5.10 Å². The molecule has 112 valence electrons. The minimum Gasteiger partial charge on any atom is -0.492 e. The van der Waals surface area contributed by atoms with Crippen LogP contribution in [-0.4, -0.2) is 37.9 Å². The van der Waals surface area contributed by atoms with Crippen molar-refractivity contribution in [3.63, 3.8) is 0 Å². The minimum atomic E-state index is 0.0530. The maximum Gasteiger partial charge on any atom is 0.141 e. The molecule has 3 rings (SSSR count). The van der Waals surface area contributed by atoms with Gasteiger partial charge in [0.1, 0.15) is 24.5 Å². The third kappa shape index (κ3) is 3.06. The summed E-state index contributed by atoms with van der Waals surface area (Å²) in [7, 11) is 0. The summed E-state index contributed by atoms with van der Waals surface area (Å²) in [4.78, 5) is 6.63. The summed E-state index contributed by atoms with van der Waals surface area (Å²) in [5.74, 6) is 1.88. The van der Waals surface area contributed by atoms with Crippen LogP contribution in [0.4, 0.5) is 0 Å². The second-order valence-corrected chi connectivity index (χ2v) is 5.15. The number of hydrogen-bond donors (Lipinski definition) is 1. The lowest BCUT2D eigenvalue weighted by molar-refractivity contribution is 0.212. The Morgan fingerprint density at radius 3 is 3.10 bits per heavy atom. The molecule has 2 aromatic rings. The van der Waals surface area contributed by atoms with Crippen LogP contribution in [0.1, 0.15) is 23.9 Å². The number of aliphatic hydroxyl groups is 1.